The van der Waals surface area contributed by atoms with Crippen molar-refractivity contribution in [2.45, 2.75) is 90.6 Å². The Kier molecular flexibility index (Phi) is 13.3. The summed E-state index contributed by atoms with van der Waals surface area (Å²) in [5, 5.41) is 20.8. The zero-order valence-corrected chi connectivity index (χ0v) is 20.1. The van der Waals surface area contributed by atoms with E-state index in [1.165, 1.54) is 14.0 Å². The number of aliphatic hydroxyl groups is 2. The maximum absolute atomic E-state index is 13.1. The van der Waals surface area contributed by atoms with E-state index in [0.717, 1.165) is 32.1 Å². The number of aliphatic hydroxyl groups excluding tert-OH is 2. The number of methoxy groups -OCH3 is 1. The van der Waals surface area contributed by atoms with Crippen LogP contribution in [-0.2, 0) is 19.1 Å². The molecule has 1 fully saturated rings. The number of carbonyl (C=O) groups excluding carboxylic acids is 2. The van der Waals surface area contributed by atoms with E-state index < -0.39 is 18.3 Å². The summed E-state index contributed by atoms with van der Waals surface area (Å²) in [6.45, 7) is 9.36. The van der Waals surface area contributed by atoms with Gasteiger partial charge < -0.3 is 29.5 Å². The van der Waals surface area contributed by atoms with Crippen molar-refractivity contribution in [1.82, 2.24) is 9.80 Å². The van der Waals surface area contributed by atoms with Crippen molar-refractivity contribution in [1.29, 1.82) is 0 Å². The van der Waals surface area contributed by atoms with Gasteiger partial charge in [0.2, 0.25) is 11.8 Å². The van der Waals surface area contributed by atoms with Crippen LogP contribution in [0.4, 0.5) is 0 Å². The zero-order chi connectivity index (χ0) is 23.4. The van der Waals surface area contributed by atoms with Gasteiger partial charge >= 0.3 is 0 Å². The van der Waals surface area contributed by atoms with E-state index in [0.29, 0.717) is 32.0 Å². The molecule has 8 heteroatoms. The van der Waals surface area contributed by atoms with Gasteiger partial charge in [-0.25, -0.2) is 0 Å². The monoisotopic (exact) mass is 444 g/mol. The fourth-order valence-electron chi connectivity index (χ4n) is 3.99. The summed E-state index contributed by atoms with van der Waals surface area (Å²) in [7, 11) is 1.45. The number of hydrogen-bond acceptors (Lipinski definition) is 6. The second kappa shape index (κ2) is 14.8. The third kappa shape index (κ3) is 9.85. The van der Waals surface area contributed by atoms with Crippen LogP contribution < -0.4 is 0 Å². The topological polar surface area (TPSA) is 99.5 Å². The van der Waals surface area contributed by atoms with Gasteiger partial charge in [0.15, 0.2) is 0 Å². The number of nitrogens with zero attached hydrogens (tertiary/aromatic N) is 2. The molecular formula is C23H44N2O6. The Bertz CT molecular complexity index is 530. The third-order valence-corrected chi connectivity index (χ3v) is 5.83. The van der Waals surface area contributed by atoms with Gasteiger partial charge in [0.05, 0.1) is 6.61 Å². The predicted molar refractivity (Wildman–Crippen MR) is 120 cm³/mol. The zero-order valence-electron chi connectivity index (χ0n) is 20.1. The van der Waals surface area contributed by atoms with E-state index in [-0.39, 0.29) is 31.0 Å². The summed E-state index contributed by atoms with van der Waals surface area (Å²) >= 11 is 0. The number of ether oxygens (including phenoxy) is 2. The average Bonchev–Trinajstić information content (AvgIpc) is 2.72. The first-order valence-electron chi connectivity index (χ1n) is 11.7. The lowest BCUT2D eigenvalue weighted by molar-refractivity contribution is -0.142. The molecule has 182 valence electrons. The van der Waals surface area contributed by atoms with Crippen molar-refractivity contribution in [3.05, 3.63) is 0 Å². The summed E-state index contributed by atoms with van der Waals surface area (Å²) in [6, 6.07) is -0.114. The first-order chi connectivity index (χ1) is 14.7. The minimum absolute atomic E-state index is 0.00375. The van der Waals surface area contributed by atoms with Gasteiger partial charge in [0.1, 0.15) is 18.3 Å². The van der Waals surface area contributed by atoms with Crippen LogP contribution in [0.5, 0.6) is 0 Å². The van der Waals surface area contributed by atoms with Crippen LogP contribution in [0.25, 0.3) is 0 Å². The summed E-state index contributed by atoms with van der Waals surface area (Å²) in [5.74, 6) is 0.331. The molecular weight excluding hydrogens is 400 g/mol. The first kappa shape index (κ1) is 27.8. The smallest absolute Gasteiger partial charge is 0.222 e. The van der Waals surface area contributed by atoms with E-state index in [1.54, 1.807) is 4.90 Å². The predicted octanol–water partition coefficient (Wildman–Crippen LogP) is 1.82. The minimum Gasteiger partial charge on any atom is -0.388 e. The Labute approximate surface area is 187 Å². The Balaban J connectivity index is 3.19. The molecule has 0 saturated carbocycles. The Hall–Kier alpha value is -1.22. The third-order valence-electron chi connectivity index (χ3n) is 5.83. The van der Waals surface area contributed by atoms with Gasteiger partial charge in [-0.15, -0.1) is 0 Å². The van der Waals surface area contributed by atoms with Gasteiger partial charge in [-0.1, -0.05) is 27.2 Å². The minimum atomic E-state index is -1.18. The van der Waals surface area contributed by atoms with Crippen LogP contribution in [0.1, 0.15) is 66.2 Å². The van der Waals surface area contributed by atoms with Crippen molar-refractivity contribution in [2.75, 3.05) is 40.0 Å². The molecule has 1 aliphatic rings. The molecule has 0 aromatic rings. The molecule has 1 heterocycles. The van der Waals surface area contributed by atoms with E-state index >= 15 is 0 Å². The fourth-order valence-corrected chi connectivity index (χ4v) is 3.99. The number of hydrogen-bond donors (Lipinski definition) is 2. The summed E-state index contributed by atoms with van der Waals surface area (Å²) in [5.41, 5.74) is 0. The van der Waals surface area contributed by atoms with Gasteiger partial charge in [0.25, 0.3) is 0 Å². The Morgan fingerprint density at radius 2 is 1.90 bits per heavy atom. The largest absolute Gasteiger partial charge is 0.388 e. The molecule has 2 amide bonds. The van der Waals surface area contributed by atoms with E-state index in [4.69, 9.17) is 9.47 Å². The molecule has 0 bridgehead atoms. The van der Waals surface area contributed by atoms with Crippen molar-refractivity contribution in [3.8, 4) is 0 Å². The Morgan fingerprint density at radius 1 is 1.19 bits per heavy atom. The van der Waals surface area contributed by atoms with Crippen LogP contribution in [0, 0.1) is 5.92 Å². The van der Waals surface area contributed by atoms with E-state index in [1.807, 2.05) is 4.90 Å². The summed E-state index contributed by atoms with van der Waals surface area (Å²) < 4.78 is 10.9. The molecule has 0 spiro atoms. The highest BCUT2D eigenvalue weighted by Gasteiger charge is 2.32. The molecule has 8 nitrogen and oxygen atoms in total. The van der Waals surface area contributed by atoms with Crippen LogP contribution in [-0.4, -0.2) is 96.1 Å². The molecule has 0 aromatic carbocycles. The van der Waals surface area contributed by atoms with Gasteiger partial charge in [-0.05, 0) is 31.6 Å². The van der Waals surface area contributed by atoms with Crippen molar-refractivity contribution >= 4 is 11.8 Å². The van der Waals surface area contributed by atoms with Crippen LogP contribution in [0.2, 0.25) is 0 Å². The molecule has 0 radical (unpaired) electrons. The van der Waals surface area contributed by atoms with E-state index in [9.17, 15) is 19.8 Å². The highest BCUT2D eigenvalue weighted by Crippen LogP contribution is 2.19. The number of carbonyl (C=O) groups is 2. The number of unbranched alkanes of at least 4 members (excludes halogenated alkanes) is 1. The van der Waals surface area contributed by atoms with Gasteiger partial charge in [-0.2, -0.15) is 0 Å². The molecule has 0 unspecified atom stereocenters. The molecule has 1 aliphatic heterocycles. The number of rotatable bonds is 6. The lowest BCUT2D eigenvalue weighted by atomic mass is 9.99. The highest BCUT2D eigenvalue weighted by molar-refractivity contribution is 5.77. The molecule has 0 aromatic heterocycles. The number of amides is 2. The van der Waals surface area contributed by atoms with Crippen LogP contribution >= 0.6 is 0 Å². The quantitative estimate of drug-likeness (QED) is 0.648. The second-order valence-electron chi connectivity index (χ2n) is 9.01. The molecule has 1 saturated heterocycles. The van der Waals surface area contributed by atoms with Crippen LogP contribution in [0.3, 0.4) is 0 Å². The molecule has 2 N–H and O–H groups in total. The molecule has 1 rings (SSSR count). The summed E-state index contributed by atoms with van der Waals surface area (Å²) in [6.07, 6.45) is 1.59. The SMILES string of the molecule is CCCCC(=O)N1CCCCOC[C@@H](O)[C@@H](O)[C@H](OC)CN(C(C)=O)C[C@@H]1CC(C)C. The Morgan fingerprint density at radius 3 is 2.48 bits per heavy atom. The van der Waals surface area contributed by atoms with Gasteiger partial charge in [0, 0.05) is 52.7 Å². The molecule has 0 aliphatic carbocycles. The molecule has 4 atom stereocenters. The van der Waals surface area contributed by atoms with Gasteiger partial charge in [-0.3, -0.25) is 9.59 Å². The first-order valence-corrected chi connectivity index (χ1v) is 11.7. The molecule has 31 heavy (non-hydrogen) atoms. The average molecular weight is 445 g/mol. The van der Waals surface area contributed by atoms with Crippen LogP contribution in [0.15, 0.2) is 0 Å². The summed E-state index contributed by atoms with van der Waals surface area (Å²) in [4.78, 5) is 29.1. The van der Waals surface area contributed by atoms with Crippen molar-refractivity contribution < 1.29 is 29.3 Å². The normalized spacial score (nSPS) is 27.2. The van der Waals surface area contributed by atoms with Crippen molar-refractivity contribution in [3.63, 3.8) is 0 Å². The highest BCUT2D eigenvalue weighted by atomic mass is 16.5. The fraction of sp³-hybridized carbons (Fsp3) is 0.913. The maximum Gasteiger partial charge on any atom is 0.222 e. The standard InChI is InChI=1S/C23H44N2O6/c1-6-7-10-22(28)25-11-8-9-12-31-16-20(27)23(29)21(30-5)15-24(18(4)26)14-19(25)13-17(2)3/h17,19-21,23,27,29H,6-16H2,1-5H3/t19-,20+,21+,23+/m0/s1. The van der Waals surface area contributed by atoms with E-state index in [2.05, 4.69) is 20.8 Å². The van der Waals surface area contributed by atoms with Crippen molar-refractivity contribution in [2.24, 2.45) is 5.92 Å². The lowest BCUT2D eigenvalue weighted by Crippen LogP contribution is -2.53. The maximum atomic E-state index is 13.1. The second-order valence-corrected chi connectivity index (χ2v) is 9.01. The lowest BCUT2D eigenvalue weighted by Gasteiger charge is -2.38.